The lowest BCUT2D eigenvalue weighted by Crippen LogP contribution is -2.29. The van der Waals surface area contributed by atoms with E-state index in [-0.39, 0.29) is 5.96 Å². The van der Waals surface area contributed by atoms with E-state index < -0.39 is 0 Å². The summed E-state index contributed by atoms with van der Waals surface area (Å²) in [5, 5.41) is 15.4. The summed E-state index contributed by atoms with van der Waals surface area (Å²) < 4.78 is 0. The molecule has 5 nitrogen and oxygen atoms in total. The van der Waals surface area contributed by atoms with E-state index in [0.29, 0.717) is 0 Å². The Morgan fingerprint density at radius 2 is 1.15 bits per heavy atom. The molecule has 0 aliphatic heterocycles. The number of hydrogen-bond acceptors (Lipinski definition) is 3. The monoisotopic (exact) mass is 265 g/mol. The quantitative estimate of drug-likeness (QED) is 0.450. The van der Waals surface area contributed by atoms with E-state index in [1.54, 1.807) is 12.4 Å². The molecule has 0 saturated carbocycles. The van der Waals surface area contributed by atoms with Gasteiger partial charge in [0.25, 0.3) is 0 Å². The maximum absolute atomic E-state index is 7.57. The molecule has 0 aliphatic rings. The lowest BCUT2D eigenvalue weighted by Gasteiger charge is -2.00. The number of benzene rings is 2. The second-order valence-electron chi connectivity index (χ2n) is 3.94. The van der Waals surface area contributed by atoms with Crippen molar-refractivity contribution < 1.29 is 0 Å². The van der Waals surface area contributed by atoms with Crippen LogP contribution in [0.5, 0.6) is 0 Å². The number of hydrogen-bond donors (Lipinski definition) is 3. The second kappa shape index (κ2) is 7.48. The van der Waals surface area contributed by atoms with Crippen LogP contribution < -0.4 is 10.9 Å². The Hall–Kier alpha value is -2.95. The average Bonchev–Trinajstić information content (AvgIpc) is 2.49. The maximum atomic E-state index is 7.57. The van der Waals surface area contributed by atoms with Gasteiger partial charge < -0.3 is 0 Å². The van der Waals surface area contributed by atoms with Crippen molar-refractivity contribution in [3.05, 3.63) is 71.8 Å². The number of nitrogens with one attached hydrogen (secondary N) is 3. The molecule has 2 rings (SSSR count). The Morgan fingerprint density at radius 1 is 0.750 bits per heavy atom. The van der Waals surface area contributed by atoms with Gasteiger partial charge in [-0.05, 0) is 11.1 Å². The molecule has 0 aliphatic carbocycles. The number of rotatable bonds is 4. The minimum atomic E-state index is 0.00404. The highest BCUT2D eigenvalue weighted by molar-refractivity contribution is 5.84. The van der Waals surface area contributed by atoms with Crippen molar-refractivity contribution in [2.75, 3.05) is 0 Å². The SMILES string of the molecule is N=C(N/N=C/c1ccccc1)N/N=C/c1ccccc1. The van der Waals surface area contributed by atoms with E-state index in [9.17, 15) is 0 Å². The van der Waals surface area contributed by atoms with E-state index in [4.69, 9.17) is 5.41 Å². The van der Waals surface area contributed by atoms with Gasteiger partial charge in [-0.25, -0.2) is 10.9 Å². The molecule has 20 heavy (non-hydrogen) atoms. The molecule has 2 aromatic carbocycles. The van der Waals surface area contributed by atoms with Crippen molar-refractivity contribution in [3.8, 4) is 0 Å². The smallest absolute Gasteiger partial charge is 0.230 e. The van der Waals surface area contributed by atoms with Gasteiger partial charge in [-0.15, -0.1) is 0 Å². The minimum Gasteiger partial charge on any atom is -0.266 e. The van der Waals surface area contributed by atoms with Crippen LogP contribution in [0.25, 0.3) is 0 Å². The molecule has 0 saturated heterocycles. The Bertz CT molecular complexity index is 537. The third kappa shape index (κ3) is 4.73. The van der Waals surface area contributed by atoms with Gasteiger partial charge in [-0.3, -0.25) is 5.41 Å². The molecular weight excluding hydrogens is 250 g/mol. The normalized spacial score (nSPS) is 10.8. The van der Waals surface area contributed by atoms with Crippen LogP contribution in [-0.2, 0) is 0 Å². The molecular formula is C15H15N5. The predicted octanol–water partition coefficient (Wildman–Crippen LogP) is 2.17. The van der Waals surface area contributed by atoms with E-state index in [2.05, 4.69) is 21.1 Å². The fourth-order valence-electron chi connectivity index (χ4n) is 1.45. The lowest BCUT2D eigenvalue weighted by molar-refractivity contribution is 0.893. The summed E-state index contributed by atoms with van der Waals surface area (Å²) in [6.45, 7) is 0. The summed E-state index contributed by atoms with van der Waals surface area (Å²) in [5.74, 6) is 0.00404. The first kappa shape index (κ1) is 13.5. The highest BCUT2D eigenvalue weighted by Gasteiger charge is 1.89. The van der Waals surface area contributed by atoms with E-state index in [1.165, 1.54) is 0 Å². The first-order valence-electron chi connectivity index (χ1n) is 6.11. The molecule has 0 unspecified atom stereocenters. The van der Waals surface area contributed by atoms with Crippen LogP contribution in [-0.4, -0.2) is 18.4 Å². The maximum Gasteiger partial charge on any atom is 0.230 e. The van der Waals surface area contributed by atoms with Gasteiger partial charge in [-0.2, -0.15) is 10.2 Å². The highest BCUT2D eigenvalue weighted by Crippen LogP contribution is 1.93. The zero-order valence-corrected chi connectivity index (χ0v) is 10.8. The predicted molar refractivity (Wildman–Crippen MR) is 82.1 cm³/mol. The van der Waals surface area contributed by atoms with Crippen LogP contribution in [0.3, 0.4) is 0 Å². The van der Waals surface area contributed by atoms with Crippen molar-refractivity contribution in [1.82, 2.24) is 10.9 Å². The zero-order chi connectivity index (χ0) is 14.0. The van der Waals surface area contributed by atoms with Crippen LogP contribution in [0.15, 0.2) is 70.9 Å². The van der Waals surface area contributed by atoms with Gasteiger partial charge in [0, 0.05) is 0 Å². The molecule has 0 aromatic heterocycles. The van der Waals surface area contributed by atoms with Crippen molar-refractivity contribution in [2.45, 2.75) is 0 Å². The van der Waals surface area contributed by atoms with Gasteiger partial charge in [-0.1, -0.05) is 60.7 Å². The van der Waals surface area contributed by atoms with Gasteiger partial charge in [0.1, 0.15) is 0 Å². The third-order valence-corrected chi connectivity index (χ3v) is 2.38. The lowest BCUT2D eigenvalue weighted by atomic mass is 10.2. The average molecular weight is 265 g/mol. The summed E-state index contributed by atoms with van der Waals surface area (Å²) in [5.41, 5.74) is 7.01. The Labute approximate surface area is 117 Å². The summed E-state index contributed by atoms with van der Waals surface area (Å²) in [6.07, 6.45) is 3.27. The topological polar surface area (TPSA) is 72.6 Å². The molecule has 100 valence electrons. The Kier molecular flexibility index (Phi) is 5.04. The number of nitrogens with zero attached hydrogens (tertiary/aromatic N) is 2. The second-order valence-corrected chi connectivity index (χ2v) is 3.94. The standard InChI is InChI=1S/C15H15N5/c16-15(19-17-11-13-7-3-1-4-8-13)20-18-12-14-9-5-2-6-10-14/h1-12H,(H3,16,19,20)/b17-11+,18-12+. The molecule has 0 amide bonds. The molecule has 0 atom stereocenters. The summed E-state index contributed by atoms with van der Waals surface area (Å²) in [6, 6.07) is 19.3. The first-order valence-corrected chi connectivity index (χ1v) is 6.11. The van der Waals surface area contributed by atoms with Gasteiger partial charge in [0.15, 0.2) is 0 Å². The van der Waals surface area contributed by atoms with Crippen molar-refractivity contribution in [3.63, 3.8) is 0 Å². The van der Waals surface area contributed by atoms with Crippen LogP contribution in [0.1, 0.15) is 11.1 Å². The van der Waals surface area contributed by atoms with Crippen LogP contribution in [0, 0.1) is 5.41 Å². The largest absolute Gasteiger partial charge is 0.266 e. The number of guanidine groups is 1. The van der Waals surface area contributed by atoms with E-state index in [1.807, 2.05) is 60.7 Å². The van der Waals surface area contributed by atoms with Crippen molar-refractivity contribution >= 4 is 18.4 Å². The van der Waals surface area contributed by atoms with Crippen molar-refractivity contribution in [2.24, 2.45) is 10.2 Å². The summed E-state index contributed by atoms with van der Waals surface area (Å²) >= 11 is 0. The van der Waals surface area contributed by atoms with E-state index in [0.717, 1.165) is 11.1 Å². The zero-order valence-electron chi connectivity index (χ0n) is 10.8. The van der Waals surface area contributed by atoms with Gasteiger partial charge in [0.05, 0.1) is 12.4 Å². The Morgan fingerprint density at radius 3 is 1.55 bits per heavy atom. The van der Waals surface area contributed by atoms with Crippen LogP contribution >= 0.6 is 0 Å². The summed E-state index contributed by atoms with van der Waals surface area (Å²) in [7, 11) is 0. The minimum absolute atomic E-state index is 0.00404. The molecule has 3 N–H and O–H groups in total. The fraction of sp³-hybridized carbons (Fsp3) is 0. The Balaban J connectivity index is 1.76. The highest BCUT2D eigenvalue weighted by atomic mass is 15.4. The third-order valence-electron chi connectivity index (χ3n) is 2.38. The molecule has 5 heteroatoms. The summed E-state index contributed by atoms with van der Waals surface area (Å²) in [4.78, 5) is 0. The van der Waals surface area contributed by atoms with Crippen LogP contribution in [0.2, 0.25) is 0 Å². The van der Waals surface area contributed by atoms with Crippen molar-refractivity contribution in [1.29, 1.82) is 5.41 Å². The molecule has 0 heterocycles. The fourth-order valence-corrected chi connectivity index (χ4v) is 1.45. The molecule has 0 fully saturated rings. The number of hydrazone groups is 2. The first-order chi connectivity index (χ1) is 9.84. The van der Waals surface area contributed by atoms with Gasteiger partial charge in [0.2, 0.25) is 5.96 Å². The molecule has 2 aromatic rings. The molecule has 0 bridgehead atoms. The van der Waals surface area contributed by atoms with Gasteiger partial charge >= 0.3 is 0 Å². The molecule has 0 spiro atoms. The molecule has 0 radical (unpaired) electrons. The van der Waals surface area contributed by atoms with Crippen LogP contribution in [0.4, 0.5) is 0 Å². The van der Waals surface area contributed by atoms with E-state index >= 15 is 0 Å².